The molecule has 0 bridgehead atoms. The van der Waals surface area contributed by atoms with E-state index in [1.165, 1.54) is 0 Å². The van der Waals surface area contributed by atoms with Crippen LogP contribution >= 0.6 is 0 Å². The second-order valence-corrected chi connectivity index (χ2v) is 5.06. The molecule has 1 aromatic carbocycles. The van der Waals surface area contributed by atoms with Gasteiger partial charge in [0.15, 0.2) is 0 Å². The molecular formula is C15H23NO3. The van der Waals surface area contributed by atoms with Crippen molar-refractivity contribution in [2.45, 2.75) is 25.4 Å². The summed E-state index contributed by atoms with van der Waals surface area (Å²) in [7, 11) is 3.30. The van der Waals surface area contributed by atoms with E-state index in [0.717, 1.165) is 43.0 Å². The Morgan fingerprint density at radius 2 is 2.21 bits per heavy atom. The predicted molar refractivity (Wildman–Crippen MR) is 74.9 cm³/mol. The first kappa shape index (κ1) is 14.2. The number of ether oxygens (including phenoxy) is 2. The van der Waals surface area contributed by atoms with E-state index >= 15 is 0 Å². The maximum Gasteiger partial charge on any atom is 0.122 e. The molecule has 106 valence electrons. The third-order valence-corrected chi connectivity index (χ3v) is 3.80. The summed E-state index contributed by atoms with van der Waals surface area (Å²) < 4.78 is 10.6. The Balaban J connectivity index is 2.07. The van der Waals surface area contributed by atoms with E-state index in [9.17, 15) is 5.11 Å². The van der Waals surface area contributed by atoms with E-state index in [-0.39, 0.29) is 6.10 Å². The average molecular weight is 265 g/mol. The van der Waals surface area contributed by atoms with Crippen LogP contribution in [-0.4, -0.2) is 38.5 Å². The minimum Gasteiger partial charge on any atom is -0.497 e. The molecule has 2 rings (SSSR count). The lowest BCUT2D eigenvalue weighted by Crippen LogP contribution is -2.37. The lowest BCUT2D eigenvalue weighted by atomic mass is 9.89. The second-order valence-electron chi connectivity index (χ2n) is 5.06. The Hall–Kier alpha value is -1.26. The monoisotopic (exact) mass is 265 g/mol. The number of nitrogens with one attached hydrogen (secondary N) is 1. The number of aliphatic hydroxyl groups is 1. The summed E-state index contributed by atoms with van der Waals surface area (Å²) in [6, 6.07) is 5.70. The molecule has 1 heterocycles. The van der Waals surface area contributed by atoms with Crippen LogP contribution in [0.4, 0.5) is 0 Å². The van der Waals surface area contributed by atoms with Crippen LogP contribution < -0.4 is 14.8 Å². The number of piperidine rings is 1. The van der Waals surface area contributed by atoms with E-state index in [2.05, 4.69) is 5.32 Å². The van der Waals surface area contributed by atoms with Crippen molar-refractivity contribution in [1.82, 2.24) is 5.32 Å². The van der Waals surface area contributed by atoms with Gasteiger partial charge in [0.05, 0.1) is 20.3 Å². The van der Waals surface area contributed by atoms with Gasteiger partial charge < -0.3 is 19.9 Å². The molecule has 0 aliphatic carbocycles. The fourth-order valence-electron chi connectivity index (χ4n) is 2.64. The predicted octanol–water partition coefficient (Wildman–Crippen LogP) is 1.61. The van der Waals surface area contributed by atoms with Gasteiger partial charge in [0, 0.05) is 18.5 Å². The molecule has 4 nitrogen and oxygen atoms in total. The van der Waals surface area contributed by atoms with Crippen LogP contribution in [0.15, 0.2) is 18.2 Å². The molecule has 4 heteroatoms. The summed E-state index contributed by atoms with van der Waals surface area (Å²) in [6.07, 6.45) is 2.48. The van der Waals surface area contributed by atoms with Crippen LogP contribution in [0.1, 0.15) is 18.4 Å². The van der Waals surface area contributed by atoms with Gasteiger partial charge in [-0.2, -0.15) is 0 Å². The van der Waals surface area contributed by atoms with Crippen LogP contribution in [-0.2, 0) is 6.42 Å². The summed E-state index contributed by atoms with van der Waals surface area (Å²) in [5, 5.41) is 13.7. The Morgan fingerprint density at radius 1 is 1.37 bits per heavy atom. The third-order valence-electron chi connectivity index (χ3n) is 3.80. The maximum absolute atomic E-state index is 10.4. The summed E-state index contributed by atoms with van der Waals surface area (Å²) in [4.78, 5) is 0. The quantitative estimate of drug-likeness (QED) is 0.849. The number of methoxy groups -OCH3 is 2. The number of hydrogen-bond donors (Lipinski definition) is 2. The molecule has 0 amide bonds. The SMILES string of the molecule is COc1ccc(OC)c(CC(O)C2CCCNC2)c1. The van der Waals surface area contributed by atoms with E-state index in [4.69, 9.17) is 9.47 Å². The van der Waals surface area contributed by atoms with E-state index in [0.29, 0.717) is 12.3 Å². The molecule has 0 radical (unpaired) electrons. The Morgan fingerprint density at radius 3 is 2.84 bits per heavy atom. The Bertz CT molecular complexity index is 402. The van der Waals surface area contributed by atoms with Gasteiger partial charge in [-0.1, -0.05) is 0 Å². The summed E-state index contributed by atoms with van der Waals surface area (Å²) in [5.74, 6) is 1.93. The highest BCUT2D eigenvalue weighted by Gasteiger charge is 2.22. The maximum atomic E-state index is 10.4. The fraction of sp³-hybridized carbons (Fsp3) is 0.600. The van der Waals surface area contributed by atoms with Crippen molar-refractivity contribution < 1.29 is 14.6 Å². The zero-order chi connectivity index (χ0) is 13.7. The molecular weight excluding hydrogens is 242 g/mol. The summed E-state index contributed by atoms with van der Waals surface area (Å²) in [6.45, 7) is 1.96. The highest BCUT2D eigenvalue weighted by atomic mass is 16.5. The lowest BCUT2D eigenvalue weighted by Gasteiger charge is -2.27. The summed E-state index contributed by atoms with van der Waals surface area (Å²) >= 11 is 0. The molecule has 19 heavy (non-hydrogen) atoms. The number of aliphatic hydroxyl groups excluding tert-OH is 1. The smallest absolute Gasteiger partial charge is 0.122 e. The van der Waals surface area contributed by atoms with E-state index in [1.54, 1.807) is 14.2 Å². The molecule has 2 unspecified atom stereocenters. The largest absolute Gasteiger partial charge is 0.497 e. The molecule has 2 atom stereocenters. The number of hydrogen-bond acceptors (Lipinski definition) is 4. The fourth-order valence-corrected chi connectivity index (χ4v) is 2.64. The minimum atomic E-state index is -0.339. The zero-order valence-corrected chi connectivity index (χ0v) is 11.7. The van der Waals surface area contributed by atoms with Crippen LogP contribution in [0.5, 0.6) is 11.5 Å². The molecule has 0 aromatic heterocycles. The lowest BCUT2D eigenvalue weighted by molar-refractivity contribution is 0.0915. The molecule has 0 spiro atoms. The van der Waals surface area contributed by atoms with Gasteiger partial charge in [-0.3, -0.25) is 0 Å². The van der Waals surface area contributed by atoms with Crippen molar-refractivity contribution in [2.24, 2.45) is 5.92 Å². The molecule has 2 N–H and O–H groups in total. The first-order chi connectivity index (χ1) is 9.24. The normalized spacial score (nSPS) is 20.9. The first-order valence-electron chi connectivity index (χ1n) is 6.84. The Labute approximate surface area is 114 Å². The van der Waals surface area contributed by atoms with Gasteiger partial charge in [-0.15, -0.1) is 0 Å². The highest BCUT2D eigenvalue weighted by Crippen LogP contribution is 2.27. The van der Waals surface area contributed by atoms with Crippen molar-refractivity contribution in [2.75, 3.05) is 27.3 Å². The Kier molecular flexibility index (Phi) is 5.05. The first-order valence-corrected chi connectivity index (χ1v) is 6.84. The van der Waals surface area contributed by atoms with Crippen molar-refractivity contribution in [1.29, 1.82) is 0 Å². The molecule has 1 aliphatic heterocycles. The molecule has 1 aromatic rings. The number of benzene rings is 1. The molecule has 1 saturated heterocycles. The van der Waals surface area contributed by atoms with Crippen LogP contribution in [0, 0.1) is 5.92 Å². The number of rotatable bonds is 5. The van der Waals surface area contributed by atoms with Gasteiger partial charge in [-0.25, -0.2) is 0 Å². The zero-order valence-electron chi connectivity index (χ0n) is 11.7. The average Bonchev–Trinajstić information content (AvgIpc) is 2.48. The molecule has 1 aliphatic rings. The van der Waals surface area contributed by atoms with Crippen molar-refractivity contribution in [3.63, 3.8) is 0 Å². The van der Waals surface area contributed by atoms with Crippen molar-refractivity contribution in [3.05, 3.63) is 23.8 Å². The van der Waals surface area contributed by atoms with Crippen LogP contribution in [0.3, 0.4) is 0 Å². The van der Waals surface area contributed by atoms with Crippen LogP contribution in [0.2, 0.25) is 0 Å². The van der Waals surface area contributed by atoms with Crippen molar-refractivity contribution in [3.8, 4) is 11.5 Å². The highest BCUT2D eigenvalue weighted by molar-refractivity contribution is 5.40. The van der Waals surface area contributed by atoms with Gasteiger partial charge in [0.1, 0.15) is 11.5 Å². The van der Waals surface area contributed by atoms with Gasteiger partial charge >= 0.3 is 0 Å². The molecule has 0 saturated carbocycles. The van der Waals surface area contributed by atoms with Gasteiger partial charge in [0.25, 0.3) is 0 Å². The van der Waals surface area contributed by atoms with Crippen LogP contribution in [0.25, 0.3) is 0 Å². The third kappa shape index (κ3) is 3.61. The van der Waals surface area contributed by atoms with Gasteiger partial charge in [0.2, 0.25) is 0 Å². The van der Waals surface area contributed by atoms with Gasteiger partial charge in [-0.05, 0) is 43.5 Å². The summed E-state index contributed by atoms with van der Waals surface area (Å²) in [5.41, 5.74) is 1.000. The van der Waals surface area contributed by atoms with E-state index in [1.807, 2.05) is 18.2 Å². The topological polar surface area (TPSA) is 50.7 Å². The van der Waals surface area contributed by atoms with E-state index < -0.39 is 0 Å². The standard InChI is InChI=1S/C15H23NO3/c1-18-13-5-6-15(19-2)12(8-13)9-14(17)11-4-3-7-16-10-11/h5-6,8,11,14,16-17H,3-4,7,9-10H2,1-2H3. The van der Waals surface area contributed by atoms with Crippen molar-refractivity contribution >= 4 is 0 Å². The minimum absolute atomic E-state index is 0.324. The molecule has 1 fully saturated rings. The second kappa shape index (κ2) is 6.78.